The lowest BCUT2D eigenvalue weighted by atomic mass is 10.2. The van der Waals surface area contributed by atoms with Gasteiger partial charge in [-0.2, -0.15) is 0 Å². The highest BCUT2D eigenvalue weighted by atomic mass is 35.5. The van der Waals surface area contributed by atoms with Crippen LogP contribution in [-0.2, 0) is 20.9 Å². The monoisotopic (exact) mass is 325 g/mol. The Bertz CT molecular complexity index is 577. The van der Waals surface area contributed by atoms with E-state index in [4.69, 9.17) is 16.3 Å². The molecule has 0 bridgehead atoms. The van der Waals surface area contributed by atoms with Gasteiger partial charge in [-0.3, -0.25) is 4.79 Å². The van der Waals surface area contributed by atoms with Crippen LogP contribution in [0, 0.1) is 0 Å². The normalized spacial score (nSPS) is 27.8. The largest absolute Gasteiger partial charge is 0.459 e. The molecule has 21 heavy (non-hydrogen) atoms. The van der Waals surface area contributed by atoms with Crippen LogP contribution < -0.4 is 0 Å². The van der Waals surface area contributed by atoms with Gasteiger partial charge in [0, 0.05) is 17.2 Å². The third-order valence-electron chi connectivity index (χ3n) is 4.01. The van der Waals surface area contributed by atoms with E-state index in [9.17, 15) is 9.59 Å². The fraction of sp³-hybridized carbons (Fsp3) is 0.467. The second kappa shape index (κ2) is 5.54. The van der Waals surface area contributed by atoms with Crippen molar-refractivity contribution in [3.8, 4) is 0 Å². The molecule has 2 atom stereocenters. The summed E-state index contributed by atoms with van der Waals surface area (Å²) in [5, 5.41) is 0.649. The van der Waals surface area contributed by atoms with Crippen LogP contribution in [0.15, 0.2) is 24.3 Å². The molecule has 2 aliphatic rings. The first kappa shape index (κ1) is 14.7. The van der Waals surface area contributed by atoms with Crippen molar-refractivity contribution in [2.75, 3.05) is 5.75 Å². The summed E-state index contributed by atoms with van der Waals surface area (Å²) in [6.07, 6.45) is 1.32. The SMILES string of the molecule is C[C@]12CCC(=O)N1[C@@H](C(=O)OCc1ccc(Cl)cc1)CS2. The van der Waals surface area contributed by atoms with Crippen LogP contribution in [0.3, 0.4) is 0 Å². The van der Waals surface area contributed by atoms with E-state index in [0.29, 0.717) is 17.2 Å². The molecule has 4 nitrogen and oxygen atoms in total. The molecule has 1 aromatic rings. The minimum absolute atomic E-state index is 0.0518. The third-order valence-corrected chi connectivity index (χ3v) is 5.77. The van der Waals surface area contributed by atoms with Crippen LogP contribution >= 0.6 is 23.4 Å². The topological polar surface area (TPSA) is 46.6 Å². The Labute approximate surface area is 132 Å². The number of carbonyl (C=O) groups excluding carboxylic acids is 2. The lowest BCUT2D eigenvalue weighted by molar-refractivity contribution is -0.154. The molecule has 3 rings (SSSR count). The first-order valence-corrected chi connectivity index (χ1v) is 8.23. The van der Waals surface area contributed by atoms with Crippen LogP contribution in [0.5, 0.6) is 0 Å². The number of rotatable bonds is 3. The van der Waals surface area contributed by atoms with Gasteiger partial charge in [0.15, 0.2) is 0 Å². The molecule has 112 valence electrons. The molecule has 2 saturated heterocycles. The number of ether oxygens (including phenoxy) is 1. The number of amides is 1. The van der Waals surface area contributed by atoms with Gasteiger partial charge >= 0.3 is 5.97 Å². The van der Waals surface area contributed by atoms with E-state index < -0.39 is 6.04 Å². The summed E-state index contributed by atoms with van der Waals surface area (Å²) in [4.78, 5) is 25.7. The van der Waals surface area contributed by atoms with Crippen LogP contribution in [0.4, 0.5) is 0 Å². The highest BCUT2D eigenvalue weighted by Gasteiger charge is 2.53. The van der Waals surface area contributed by atoms with Gasteiger partial charge in [-0.15, -0.1) is 11.8 Å². The Balaban J connectivity index is 1.63. The molecule has 2 heterocycles. The van der Waals surface area contributed by atoms with Crippen molar-refractivity contribution in [3.63, 3.8) is 0 Å². The van der Waals surface area contributed by atoms with Crippen LogP contribution in [0.2, 0.25) is 5.02 Å². The lowest BCUT2D eigenvalue weighted by Crippen LogP contribution is -2.46. The van der Waals surface area contributed by atoms with Gasteiger partial charge in [0.2, 0.25) is 5.91 Å². The predicted molar refractivity (Wildman–Crippen MR) is 82.0 cm³/mol. The van der Waals surface area contributed by atoms with Gasteiger partial charge in [0.25, 0.3) is 0 Å². The standard InChI is InChI=1S/C15H16ClNO3S/c1-15-7-6-13(18)17(15)12(9-21-15)14(19)20-8-10-2-4-11(16)5-3-10/h2-5,12H,6-9H2,1H3/t12-,15+/m1/s1. The lowest BCUT2D eigenvalue weighted by Gasteiger charge is -2.29. The summed E-state index contributed by atoms with van der Waals surface area (Å²) in [5.41, 5.74) is 0.883. The minimum atomic E-state index is -0.456. The summed E-state index contributed by atoms with van der Waals surface area (Å²) in [7, 11) is 0. The van der Waals surface area contributed by atoms with Crippen molar-refractivity contribution in [2.24, 2.45) is 0 Å². The number of carbonyl (C=O) groups is 2. The molecule has 1 aromatic carbocycles. The Morgan fingerprint density at radius 2 is 2.19 bits per heavy atom. The molecule has 0 unspecified atom stereocenters. The second-order valence-electron chi connectivity index (χ2n) is 5.50. The van der Waals surface area contributed by atoms with Gasteiger partial charge < -0.3 is 9.64 Å². The highest BCUT2D eigenvalue weighted by molar-refractivity contribution is 8.01. The van der Waals surface area contributed by atoms with E-state index >= 15 is 0 Å². The first-order chi connectivity index (χ1) is 9.99. The number of esters is 1. The molecule has 0 aromatic heterocycles. The molecular formula is C15H16ClNO3S. The molecular weight excluding hydrogens is 310 g/mol. The van der Waals surface area contributed by atoms with Crippen molar-refractivity contribution < 1.29 is 14.3 Å². The summed E-state index contributed by atoms with van der Waals surface area (Å²) in [6, 6.07) is 6.71. The number of nitrogens with zero attached hydrogens (tertiary/aromatic N) is 1. The average molecular weight is 326 g/mol. The Hall–Kier alpha value is -1.20. The number of halogens is 1. The summed E-state index contributed by atoms with van der Waals surface area (Å²) >= 11 is 7.48. The predicted octanol–water partition coefficient (Wildman–Crippen LogP) is 2.84. The molecule has 0 aliphatic carbocycles. The number of fused-ring (bicyclic) bond motifs is 1. The van der Waals surface area contributed by atoms with E-state index in [1.54, 1.807) is 28.8 Å². The number of hydrogen-bond donors (Lipinski definition) is 0. The Kier molecular flexibility index (Phi) is 3.88. The van der Waals surface area contributed by atoms with Crippen LogP contribution in [-0.4, -0.2) is 33.4 Å². The zero-order valence-electron chi connectivity index (χ0n) is 11.7. The molecule has 2 aliphatic heterocycles. The van der Waals surface area contributed by atoms with Crippen molar-refractivity contribution in [1.82, 2.24) is 4.90 Å². The molecule has 6 heteroatoms. The zero-order valence-corrected chi connectivity index (χ0v) is 13.2. The molecule has 0 radical (unpaired) electrons. The second-order valence-corrected chi connectivity index (χ2v) is 7.44. The van der Waals surface area contributed by atoms with Gasteiger partial charge in [0.1, 0.15) is 12.6 Å². The van der Waals surface area contributed by atoms with Crippen LogP contribution in [0.25, 0.3) is 0 Å². The highest BCUT2D eigenvalue weighted by Crippen LogP contribution is 2.47. The number of hydrogen-bond acceptors (Lipinski definition) is 4. The zero-order chi connectivity index (χ0) is 15.0. The summed E-state index contributed by atoms with van der Waals surface area (Å²) in [5.74, 6) is 0.342. The Morgan fingerprint density at radius 3 is 2.90 bits per heavy atom. The van der Waals surface area contributed by atoms with Gasteiger partial charge in [-0.1, -0.05) is 23.7 Å². The maximum absolute atomic E-state index is 12.3. The quantitative estimate of drug-likeness (QED) is 0.802. The van der Waals surface area contributed by atoms with E-state index in [1.165, 1.54) is 0 Å². The fourth-order valence-electron chi connectivity index (χ4n) is 2.83. The van der Waals surface area contributed by atoms with Crippen molar-refractivity contribution in [1.29, 1.82) is 0 Å². The smallest absolute Gasteiger partial charge is 0.330 e. The van der Waals surface area contributed by atoms with Gasteiger partial charge in [0.05, 0.1) is 4.87 Å². The van der Waals surface area contributed by atoms with E-state index in [1.807, 2.05) is 19.1 Å². The van der Waals surface area contributed by atoms with Crippen molar-refractivity contribution >= 4 is 35.2 Å². The van der Waals surface area contributed by atoms with Gasteiger partial charge in [-0.25, -0.2) is 4.79 Å². The number of benzene rings is 1. The fourth-order valence-corrected chi connectivity index (χ4v) is 4.37. The first-order valence-electron chi connectivity index (χ1n) is 6.87. The number of thioether (sulfide) groups is 1. The van der Waals surface area contributed by atoms with E-state index in [2.05, 4.69) is 0 Å². The minimum Gasteiger partial charge on any atom is -0.459 e. The van der Waals surface area contributed by atoms with Gasteiger partial charge in [-0.05, 0) is 31.0 Å². The van der Waals surface area contributed by atoms with Crippen LogP contribution in [0.1, 0.15) is 25.3 Å². The van der Waals surface area contributed by atoms with E-state index in [0.717, 1.165) is 12.0 Å². The molecule has 2 fully saturated rings. The average Bonchev–Trinajstić information content (AvgIpc) is 2.95. The summed E-state index contributed by atoms with van der Waals surface area (Å²) < 4.78 is 5.36. The molecule has 0 N–H and O–H groups in total. The van der Waals surface area contributed by atoms with Crippen molar-refractivity contribution in [3.05, 3.63) is 34.9 Å². The Morgan fingerprint density at radius 1 is 1.48 bits per heavy atom. The maximum Gasteiger partial charge on any atom is 0.330 e. The van der Waals surface area contributed by atoms with Crippen molar-refractivity contribution in [2.45, 2.75) is 37.3 Å². The van der Waals surface area contributed by atoms with E-state index in [-0.39, 0.29) is 23.4 Å². The third kappa shape index (κ3) is 2.77. The molecule has 1 amide bonds. The molecule has 0 spiro atoms. The maximum atomic E-state index is 12.3. The molecule has 0 saturated carbocycles. The summed E-state index contributed by atoms with van der Waals surface area (Å²) in [6.45, 7) is 2.23.